The highest BCUT2D eigenvalue weighted by Gasteiger charge is 2.19. The molecule has 3 aromatic heterocycles. The number of H-pyrrole nitrogens is 1. The second-order valence-electron chi connectivity index (χ2n) is 8.97. The zero-order valence-corrected chi connectivity index (χ0v) is 20.3. The van der Waals surface area contributed by atoms with E-state index in [9.17, 15) is 5.26 Å². The van der Waals surface area contributed by atoms with E-state index in [1.54, 1.807) is 0 Å². The van der Waals surface area contributed by atoms with E-state index in [1.807, 2.05) is 83.4 Å². The summed E-state index contributed by atoms with van der Waals surface area (Å²) in [5, 5.41) is 9.79. The van der Waals surface area contributed by atoms with Crippen molar-refractivity contribution in [1.82, 2.24) is 19.9 Å². The fraction of sp³-hybridized carbons (Fsp3) is 0.214. The van der Waals surface area contributed by atoms with Gasteiger partial charge in [0.05, 0.1) is 24.5 Å². The summed E-state index contributed by atoms with van der Waals surface area (Å²) < 4.78 is 15.6. The number of nitrogens with one attached hydrogen (secondary N) is 1. The Balaban J connectivity index is 1.31. The van der Waals surface area contributed by atoms with Crippen LogP contribution >= 0.6 is 0 Å². The molecule has 9 nitrogen and oxygen atoms in total. The van der Waals surface area contributed by atoms with Gasteiger partial charge in [0, 0.05) is 36.1 Å². The Hall–Kier alpha value is -4.68. The van der Waals surface area contributed by atoms with Crippen LogP contribution in [0.2, 0.25) is 0 Å². The molecule has 0 atom stereocenters. The van der Waals surface area contributed by atoms with E-state index in [0.29, 0.717) is 47.2 Å². The smallest absolute Gasteiger partial charge is 0.239 e. The molecule has 0 saturated carbocycles. The third-order valence-corrected chi connectivity index (χ3v) is 6.49. The largest absolute Gasteiger partial charge is 0.489 e. The number of aromatic nitrogens is 6. The first-order valence-corrected chi connectivity index (χ1v) is 12.1. The molecule has 0 spiro atoms. The summed E-state index contributed by atoms with van der Waals surface area (Å²) in [6.07, 6.45) is 11.2. The van der Waals surface area contributed by atoms with Crippen molar-refractivity contribution >= 4 is 11.2 Å². The zero-order valence-electron chi connectivity index (χ0n) is 20.3. The van der Waals surface area contributed by atoms with Gasteiger partial charge in [-0.2, -0.15) is 14.4 Å². The fourth-order valence-corrected chi connectivity index (χ4v) is 4.44. The van der Waals surface area contributed by atoms with Gasteiger partial charge in [0.25, 0.3) is 0 Å². The minimum atomic E-state index is 0.0577. The van der Waals surface area contributed by atoms with E-state index >= 15 is 0 Å². The molecule has 0 aliphatic carbocycles. The van der Waals surface area contributed by atoms with Gasteiger partial charge in [-0.3, -0.25) is 0 Å². The standard InChI is InChI=1S/C28H24N7O2/c1-34-10-12-35(13-11-34)22-5-2-19(3-6-22)27-32-26-25(30-18-31-28(26)33-27)20-4-7-24(21(16-20)17-29)37-23-8-14-36-15-9-23/h2-7,10-13,16,18,23H,8-9,14-15H2,1H3/q+1/p+1. The maximum absolute atomic E-state index is 9.79. The number of imidazole rings is 1. The van der Waals surface area contributed by atoms with Crippen LogP contribution in [0.1, 0.15) is 18.4 Å². The van der Waals surface area contributed by atoms with Crippen LogP contribution in [-0.2, 0) is 11.8 Å². The molecule has 1 aliphatic heterocycles. The minimum absolute atomic E-state index is 0.0577. The van der Waals surface area contributed by atoms with E-state index in [4.69, 9.17) is 14.5 Å². The molecule has 0 radical (unpaired) electrons. The maximum atomic E-state index is 9.79. The van der Waals surface area contributed by atoms with Crippen LogP contribution in [0.4, 0.5) is 0 Å². The van der Waals surface area contributed by atoms with E-state index < -0.39 is 0 Å². The first-order valence-electron chi connectivity index (χ1n) is 12.1. The van der Waals surface area contributed by atoms with Crippen molar-refractivity contribution in [2.45, 2.75) is 18.9 Å². The van der Waals surface area contributed by atoms with Crippen LogP contribution in [0.5, 0.6) is 5.75 Å². The Morgan fingerprint density at radius 3 is 2.51 bits per heavy atom. The molecule has 37 heavy (non-hydrogen) atoms. The van der Waals surface area contributed by atoms with E-state index in [-0.39, 0.29) is 6.10 Å². The summed E-state index contributed by atoms with van der Waals surface area (Å²) in [6, 6.07) is 16.0. The van der Waals surface area contributed by atoms with Gasteiger partial charge in [-0.1, -0.05) is 0 Å². The summed E-state index contributed by atoms with van der Waals surface area (Å²) in [5.74, 6) is 1.28. The molecule has 1 saturated heterocycles. The quantitative estimate of drug-likeness (QED) is 0.379. The highest BCUT2D eigenvalue weighted by molar-refractivity contribution is 5.89. The highest BCUT2D eigenvalue weighted by Crippen LogP contribution is 2.31. The molecule has 0 unspecified atom stereocenters. The first kappa shape index (κ1) is 22.8. The zero-order chi connectivity index (χ0) is 25.2. The predicted octanol–water partition coefficient (Wildman–Crippen LogP) is 3.22. The lowest BCUT2D eigenvalue weighted by Crippen LogP contribution is -2.37. The van der Waals surface area contributed by atoms with Crippen LogP contribution in [-0.4, -0.2) is 39.3 Å². The number of benzene rings is 2. The van der Waals surface area contributed by atoms with E-state index in [1.165, 1.54) is 6.33 Å². The molecule has 9 heteroatoms. The number of aryl methyl sites for hydroxylation is 1. The summed E-state index contributed by atoms with van der Waals surface area (Å²) in [4.78, 5) is 17.0. The molecule has 1 aliphatic rings. The van der Waals surface area contributed by atoms with Gasteiger partial charge in [-0.15, -0.1) is 0 Å². The lowest BCUT2D eigenvalue weighted by Gasteiger charge is -2.23. The Morgan fingerprint density at radius 2 is 1.76 bits per heavy atom. The SMILES string of the molecule is C[n+]1cc[n+](-c2ccc(-c3nc4ncnc(-c5ccc(OC6CCOCC6)c(C#N)c5)c4[nH]3)cc2)cc1. The molecule has 1 N–H and O–H groups in total. The van der Waals surface area contributed by atoms with Crippen molar-refractivity contribution in [3.8, 4) is 40.2 Å². The van der Waals surface area contributed by atoms with Crippen LogP contribution in [0.25, 0.3) is 39.5 Å². The monoisotopic (exact) mass is 491 g/mol. The molecule has 182 valence electrons. The summed E-state index contributed by atoms with van der Waals surface area (Å²) in [7, 11) is 1.99. The average Bonchev–Trinajstić information content (AvgIpc) is 3.39. The van der Waals surface area contributed by atoms with Crippen molar-refractivity contribution < 1.29 is 18.6 Å². The van der Waals surface area contributed by atoms with Crippen molar-refractivity contribution in [1.29, 1.82) is 5.26 Å². The number of hydrogen-bond acceptors (Lipinski definition) is 6. The van der Waals surface area contributed by atoms with Gasteiger partial charge in [0.1, 0.15) is 42.6 Å². The Kier molecular flexibility index (Phi) is 6.00. The number of rotatable bonds is 5. The summed E-state index contributed by atoms with van der Waals surface area (Å²) in [6.45, 7) is 1.36. The molecular weight excluding hydrogens is 466 g/mol. The number of hydrogen-bond donors (Lipinski definition) is 1. The number of nitrogens with zero attached hydrogens (tertiary/aromatic N) is 6. The van der Waals surface area contributed by atoms with Crippen LogP contribution in [0, 0.1) is 11.3 Å². The molecule has 0 amide bonds. The van der Waals surface area contributed by atoms with E-state index in [0.717, 1.165) is 29.7 Å². The van der Waals surface area contributed by atoms with Crippen LogP contribution in [0.3, 0.4) is 0 Å². The second-order valence-corrected chi connectivity index (χ2v) is 8.97. The lowest BCUT2D eigenvalue weighted by atomic mass is 10.1. The summed E-state index contributed by atoms with van der Waals surface area (Å²) in [5.41, 5.74) is 5.21. The molecule has 4 heterocycles. The second kappa shape index (κ2) is 9.76. The topological polar surface area (TPSA) is 104 Å². The lowest BCUT2D eigenvalue weighted by molar-refractivity contribution is -0.702. The maximum Gasteiger partial charge on any atom is 0.239 e. The van der Waals surface area contributed by atoms with Gasteiger partial charge >= 0.3 is 0 Å². The molecule has 1 fully saturated rings. The number of nitriles is 1. The molecule has 5 aromatic rings. The van der Waals surface area contributed by atoms with Crippen molar-refractivity contribution in [2.24, 2.45) is 7.05 Å². The van der Waals surface area contributed by atoms with Crippen molar-refractivity contribution in [3.63, 3.8) is 0 Å². The molecule has 6 rings (SSSR count). The Bertz CT molecular complexity index is 1600. The molecule has 0 bridgehead atoms. The number of ether oxygens (including phenoxy) is 2. The van der Waals surface area contributed by atoms with Crippen molar-refractivity contribution in [2.75, 3.05) is 13.2 Å². The van der Waals surface area contributed by atoms with Gasteiger partial charge in [-0.05, 0) is 30.3 Å². The van der Waals surface area contributed by atoms with Gasteiger partial charge in [0.15, 0.2) is 5.65 Å². The van der Waals surface area contributed by atoms with Crippen LogP contribution in [0.15, 0.2) is 73.6 Å². The summed E-state index contributed by atoms with van der Waals surface area (Å²) >= 11 is 0. The third-order valence-electron chi connectivity index (χ3n) is 6.49. The average molecular weight is 492 g/mol. The normalized spacial score (nSPS) is 13.9. The molecular formula is C28H25N7O2+2. The number of aromatic amines is 1. The Labute approximate surface area is 213 Å². The molecule has 2 aromatic carbocycles. The van der Waals surface area contributed by atoms with Gasteiger partial charge < -0.3 is 14.5 Å². The fourth-order valence-electron chi connectivity index (χ4n) is 4.44. The predicted molar refractivity (Wildman–Crippen MR) is 134 cm³/mol. The number of fused-ring (bicyclic) bond motifs is 1. The first-order chi connectivity index (χ1) is 18.2. The highest BCUT2D eigenvalue weighted by atomic mass is 16.5. The van der Waals surface area contributed by atoms with Gasteiger partial charge in [-0.25, -0.2) is 15.0 Å². The Morgan fingerprint density at radius 1 is 1.00 bits per heavy atom. The van der Waals surface area contributed by atoms with Crippen LogP contribution < -0.4 is 13.9 Å². The van der Waals surface area contributed by atoms with Gasteiger partial charge in [0.2, 0.25) is 30.5 Å². The van der Waals surface area contributed by atoms with E-state index in [2.05, 4.69) is 21.0 Å². The van der Waals surface area contributed by atoms with Crippen molar-refractivity contribution in [3.05, 3.63) is 79.1 Å². The third kappa shape index (κ3) is 4.62. The minimum Gasteiger partial charge on any atom is -0.489 e.